The number of hydrogen-bond acceptors (Lipinski definition) is 5. The van der Waals surface area contributed by atoms with Gasteiger partial charge in [-0.05, 0) is 41.8 Å². The molecule has 0 saturated carbocycles. The van der Waals surface area contributed by atoms with Gasteiger partial charge >= 0.3 is 0 Å². The minimum absolute atomic E-state index is 0.130. The number of benzene rings is 3. The number of unbranched alkanes of at least 4 members (excludes halogenated alkanes) is 1. The molecule has 2 N–H and O–H groups in total. The van der Waals surface area contributed by atoms with Crippen LogP contribution in [-0.2, 0) is 23.0 Å². The first-order chi connectivity index (χ1) is 17.7. The van der Waals surface area contributed by atoms with E-state index in [1.165, 1.54) is 16.8 Å². The fourth-order valence-corrected chi connectivity index (χ4v) is 4.56. The summed E-state index contributed by atoms with van der Waals surface area (Å²) in [6, 6.07) is 32.2. The fraction of sp³-hybridized carbons (Fsp3) is 0.179. The maximum absolute atomic E-state index is 11.7. The van der Waals surface area contributed by atoms with Crippen LogP contribution in [0.5, 0.6) is 0 Å². The molecular formula is C28H29ClN2O5S. The van der Waals surface area contributed by atoms with Crippen molar-refractivity contribution in [2.45, 2.75) is 37.6 Å². The standard InChI is InChI=1S/C28H29N2O2S.ClO3/c1-2-3-14-26-19-25(23-10-6-4-7-11-23)20-28(24-12-8-5-9-13-24)30(26)21-22-15-17-27(18-16-22)33(29,31)32;2-1(3)4/h4-13,15-20H,2-3,14,21H2,1H3,(H2,29,31,32);/q+1;-1. The van der Waals surface area contributed by atoms with Crippen molar-refractivity contribution < 1.29 is 37.7 Å². The molecule has 0 saturated heterocycles. The second-order valence-corrected chi connectivity index (χ2v) is 10.4. The van der Waals surface area contributed by atoms with Crippen LogP contribution < -0.4 is 23.7 Å². The van der Waals surface area contributed by atoms with Crippen molar-refractivity contribution in [3.8, 4) is 22.4 Å². The highest BCUT2D eigenvalue weighted by Crippen LogP contribution is 2.26. The predicted octanol–water partition coefficient (Wildman–Crippen LogP) is 1.78. The molecule has 1 heterocycles. The summed E-state index contributed by atoms with van der Waals surface area (Å²) in [6.07, 6.45) is 3.17. The number of hydrogen-bond donors (Lipinski definition) is 1. The van der Waals surface area contributed by atoms with E-state index < -0.39 is 20.8 Å². The van der Waals surface area contributed by atoms with Crippen molar-refractivity contribution in [2.75, 3.05) is 0 Å². The Morgan fingerprint density at radius 3 is 1.84 bits per heavy atom. The fourth-order valence-electron chi connectivity index (χ4n) is 4.04. The van der Waals surface area contributed by atoms with Gasteiger partial charge in [-0.1, -0.05) is 74.0 Å². The Bertz CT molecular complexity index is 1380. The first-order valence-electron chi connectivity index (χ1n) is 11.7. The van der Waals surface area contributed by atoms with Crippen molar-refractivity contribution >= 4 is 10.0 Å². The average molecular weight is 541 g/mol. The highest BCUT2D eigenvalue weighted by molar-refractivity contribution is 7.89. The minimum Gasteiger partial charge on any atom is -0.357 e. The molecule has 9 heteroatoms. The molecular weight excluding hydrogens is 512 g/mol. The maximum Gasteiger partial charge on any atom is 0.238 e. The van der Waals surface area contributed by atoms with Gasteiger partial charge in [-0.3, -0.25) is 0 Å². The molecule has 0 fully saturated rings. The van der Waals surface area contributed by atoms with Crippen LogP contribution in [0, 0.1) is 10.8 Å². The van der Waals surface area contributed by atoms with Crippen LogP contribution in [0.4, 0.5) is 0 Å². The van der Waals surface area contributed by atoms with Crippen LogP contribution in [0.1, 0.15) is 31.0 Å². The number of pyridine rings is 1. The van der Waals surface area contributed by atoms with E-state index in [1.54, 1.807) is 12.1 Å². The van der Waals surface area contributed by atoms with E-state index in [0.29, 0.717) is 6.54 Å². The van der Waals surface area contributed by atoms with Gasteiger partial charge in [-0.2, -0.15) is 4.57 Å². The molecule has 7 nitrogen and oxygen atoms in total. The predicted molar refractivity (Wildman–Crippen MR) is 133 cm³/mol. The van der Waals surface area contributed by atoms with Crippen LogP contribution in [0.25, 0.3) is 22.4 Å². The molecule has 1 aromatic heterocycles. The van der Waals surface area contributed by atoms with E-state index in [0.717, 1.165) is 36.1 Å². The molecule has 3 aromatic carbocycles. The van der Waals surface area contributed by atoms with E-state index in [4.69, 9.17) is 19.1 Å². The quantitative estimate of drug-likeness (QED) is 0.340. The monoisotopic (exact) mass is 540 g/mol. The van der Waals surface area contributed by atoms with Crippen molar-refractivity contribution in [3.63, 3.8) is 0 Å². The molecule has 0 aliphatic heterocycles. The van der Waals surface area contributed by atoms with Crippen molar-refractivity contribution in [1.29, 1.82) is 0 Å². The van der Waals surface area contributed by atoms with E-state index in [9.17, 15) is 8.42 Å². The Morgan fingerprint density at radius 2 is 1.32 bits per heavy atom. The molecule has 0 spiro atoms. The zero-order chi connectivity index (χ0) is 26.8. The number of sulfonamides is 1. The lowest BCUT2D eigenvalue weighted by Gasteiger charge is -2.13. The highest BCUT2D eigenvalue weighted by Gasteiger charge is 2.22. The molecule has 0 aliphatic rings. The molecule has 4 aromatic rings. The Hall–Kier alpha value is -3.11. The third-order valence-electron chi connectivity index (χ3n) is 5.81. The van der Waals surface area contributed by atoms with Gasteiger partial charge in [-0.15, -0.1) is 0 Å². The average Bonchev–Trinajstić information content (AvgIpc) is 2.88. The minimum atomic E-state index is -3.71. The zero-order valence-corrected chi connectivity index (χ0v) is 22.0. The normalized spacial score (nSPS) is 11.2. The van der Waals surface area contributed by atoms with E-state index in [1.807, 2.05) is 24.3 Å². The van der Waals surface area contributed by atoms with Crippen LogP contribution in [-0.4, -0.2) is 8.42 Å². The number of primary sulfonamides is 1. The number of nitrogens with two attached hydrogens (primary N) is 1. The lowest BCUT2D eigenvalue weighted by molar-refractivity contribution is -1.73. The second kappa shape index (κ2) is 13.4. The van der Waals surface area contributed by atoms with Crippen molar-refractivity contribution in [2.24, 2.45) is 5.14 Å². The summed E-state index contributed by atoms with van der Waals surface area (Å²) in [5.74, 6) is 0. The molecule has 0 amide bonds. The zero-order valence-electron chi connectivity index (χ0n) is 20.4. The number of aryl methyl sites for hydroxylation is 1. The Kier molecular flexibility index (Phi) is 10.3. The summed E-state index contributed by atoms with van der Waals surface area (Å²) in [5, 5.41) is 5.28. The van der Waals surface area contributed by atoms with Crippen molar-refractivity contribution in [3.05, 3.63) is 108 Å². The first kappa shape index (κ1) is 28.5. The number of aromatic nitrogens is 1. The smallest absolute Gasteiger partial charge is 0.238 e. The summed E-state index contributed by atoms with van der Waals surface area (Å²) in [7, 11) is -6.56. The first-order valence-corrected chi connectivity index (χ1v) is 14.2. The topological polar surface area (TPSA) is 133 Å². The van der Waals surface area contributed by atoms with E-state index >= 15 is 0 Å². The largest absolute Gasteiger partial charge is 0.357 e. The van der Waals surface area contributed by atoms with Crippen LogP contribution in [0.2, 0.25) is 0 Å². The Balaban J connectivity index is 0.000000886. The lowest BCUT2D eigenvalue weighted by atomic mass is 9.99. The Morgan fingerprint density at radius 1 is 0.784 bits per heavy atom. The molecule has 0 aliphatic carbocycles. The number of rotatable bonds is 8. The third-order valence-corrected chi connectivity index (χ3v) is 6.74. The van der Waals surface area contributed by atoms with Crippen LogP contribution in [0.3, 0.4) is 0 Å². The molecule has 0 radical (unpaired) electrons. The molecule has 37 heavy (non-hydrogen) atoms. The highest BCUT2D eigenvalue weighted by atomic mass is 35.6. The second-order valence-electron chi connectivity index (χ2n) is 8.42. The molecule has 0 atom stereocenters. The summed E-state index contributed by atoms with van der Waals surface area (Å²) in [6.45, 7) is 2.85. The van der Waals surface area contributed by atoms with Gasteiger partial charge in [0, 0.05) is 29.7 Å². The number of nitrogens with zero attached hydrogens (tertiary/aromatic N) is 1. The van der Waals surface area contributed by atoms with Gasteiger partial charge in [0.25, 0.3) is 0 Å². The van der Waals surface area contributed by atoms with Gasteiger partial charge < -0.3 is 14.0 Å². The van der Waals surface area contributed by atoms with Crippen LogP contribution in [0.15, 0.2) is 102 Å². The van der Waals surface area contributed by atoms with E-state index in [2.05, 4.69) is 72.2 Å². The molecule has 4 rings (SSSR count). The summed E-state index contributed by atoms with van der Waals surface area (Å²) < 4.78 is 50.9. The third kappa shape index (κ3) is 8.46. The summed E-state index contributed by atoms with van der Waals surface area (Å²) >= 11 is 0. The lowest BCUT2D eigenvalue weighted by Crippen LogP contribution is -2.42. The molecule has 194 valence electrons. The maximum atomic E-state index is 11.7. The van der Waals surface area contributed by atoms with Gasteiger partial charge in [0.1, 0.15) is 0 Å². The Labute approximate surface area is 220 Å². The van der Waals surface area contributed by atoms with Gasteiger partial charge in [-0.25, -0.2) is 13.6 Å². The van der Waals surface area contributed by atoms with Gasteiger partial charge in [0.05, 0.1) is 15.7 Å². The van der Waals surface area contributed by atoms with Crippen molar-refractivity contribution in [1.82, 2.24) is 0 Å². The van der Waals surface area contributed by atoms with E-state index in [-0.39, 0.29) is 4.90 Å². The van der Waals surface area contributed by atoms with Gasteiger partial charge in [0.15, 0.2) is 12.2 Å². The number of halogens is 1. The summed E-state index contributed by atoms with van der Waals surface area (Å²) in [4.78, 5) is 0.130. The van der Waals surface area contributed by atoms with Gasteiger partial charge in [0.2, 0.25) is 15.7 Å². The molecule has 0 bridgehead atoms. The molecule has 0 unspecified atom stereocenters. The summed E-state index contributed by atoms with van der Waals surface area (Å²) in [5.41, 5.74) is 6.95. The SMILES string of the molecule is CCCCc1cc(-c2ccccc2)cc(-c2ccccc2)[n+]1Cc1ccc(S(N)(=O)=O)cc1.[O-][Cl+2]([O-])[O-]. The van der Waals surface area contributed by atoms with Crippen LogP contribution >= 0.6 is 0 Å².